The summed E-state index contributed by atoms with van der Waals surface area (Å²) in [6.07, 6.45) is 0. The fourth-order valence-electron chi connectivity index (χ4n) is 1.53. The van der Waals surface area contributed by atoms with Crippen LogP contribution in [0, 0.1) is 6.92 Å². The molecule has 2 aromatic rings. The number of benzene rings is 1. The molecule has 5 nitrogen and oxygen atoms in total. The molecule has 0 aliphatic carbocycles. The van der Waals surface area contributed by atoms with Crippen molar-refractivity contribution in [1.82, 2.24) is 10.2 Å². The number of hydrogen-bond acceptors (Lipinski definition) is 4. The predicted molar refractivity (Wildman–Crippen MR) is 63.3 cm³/mol. The molecular formula is C11H9FN2O3S. The Morgan fingerprint density at radius 2 is 1.94 bits per heavy atom. The average Bonchev–Trinajstić information content (AvgIpc) is 2.29. The van der Waals surface area contributed by atoms with Crippen LogP contribution in [0.1, 0.15) is 5.56 Å². The van der Waals surface area contributed by atoms with E-state index in [9.17, 15) is 17.1 Å². The summed E-state index contributed by atoms with van der Waals surface area (Å²) in [4.78, 5) is 10.5. The van der Waals surface area contributed by atoms with E-state index in [4.69, 9.17) is 0 Å². The minimum absolute atomic E-state index is 0.311. The SMILES string of the molecule is Cc1ccc(-c2ccc(=O)[nH]n2)cc1S(=O)(=O)F. The lowest BCUT2D eigenvalue weighted by atomic mass is 10.1. The van der Waals surface area contributed by atoms with Crippen molar-refractivity contribution in [2.75, 3.05) is 0 Å². The summed E-state index contributed by atoms with van der Waals surface area (Å²) in [6.45, 7) is 1.50. The molecule has 0 aliphatic heterocycles. The second kappa shape index (κ2) is 4.34. The molecule has 0 atom stereocenters. The fourth-order valence-corrected chi connectivity index (χ4v) is 2.25. The van der Waals surface area contributed by atoms with Crippen LogP contribution in [0.4, 0.5) is 3.89 Å². The molecule has 0 saturated heterocycles. The van der Waals surface area contributed by atoms with E-state index < -0.39 is 15.1 Å². The van der Waals surface area contributed by atoms with Crippen molar-refractivity contribution in [3.8, 4) is 11.3 Å². The predicted octanol–water partition coefficient (Wildman–Crippen LogP) is 1.40. The first kappa shape index (κ1) is 12.4. The van der Waals surface area contributed by atoms with Crippen molar-refractivity contribution in [2.45, 2.75) is 11.8 Å². The van der Waals surface area contributed by atoms with Gasteiger partial charge in [0.05, 0.1) is 5.69 Å². The number of rotatable bonds is 2. The Kier molecular flexibility index (Phi) is 3.00. The van der Waals surface area contributed by atoms with Gasteiger partial charge >= 0.3 is 10.2 Å². The van der Waals surface area contributed by atoms with Crippen LogP contribution in [0.2, 0.25) is 0 Å². The Morgan fingerprint density at radius 3 is 2.50 bits per heavy atom. The van der Waals surface area contributed by atoms with E-state index in [1.165, 1.54) is 31.2 Å². The van der Waals surface area contributed by atoms with Gasteiger partial charge in [-0.1, -0.05) is 12.1 Å². The van der Waals surface area contributed by atoms with Crippen molar-refractivity contribution in [2.24, 2.45) is 0 Å². The zero-order valence-electron chi connectivity index (χ0n) is 9.34. The summed E-state index contributed by atoms with van der Waals surface area (Å²) in [6, 6.07) is 6.95. The third kappa shape index (κ3) is 2.45. The first-order chi connectivity index (χ1) is 8.38. The third-order valence-electron chi connectivity index (χ3n) is 2.43. The molecule has 0 radical (unpaired) electrons. The van der Waals surface area contributed by atoms with Crippen LogP contribution in [0.3, 0.4) is 0 Å². The number of aryl methyl sites for hydroxylation is 1. The molecule has 7 heteroatoms. The minimum atomic E-state index is -4.77. The van der Waals surface area contributed by atoms with Gasteiger partial charge in [0.2, 0.25) is 0 Å². The second-order valence-corrected chi connectivity index (χ2v) is 5.04. The minimum Gasteiger partial charge on any atom is -0.268 e. The van der Waals surface area contributed by atoms with Gasteiger partial charge in [0.25, 0.3) is 5.56 Å². The van der Waals surface area contributed by atoms with E-state index in [0.717, 1.165) is 0 Å². The van der Waals surface area contributed by atoms with E-state index in [1.807, 2.05) is 0 Å². The summed E-state index contributed by atoms with van der Waals surface area (Å²) in [5, 5.41) is 5.97. The van der Waals surface area contributed by atoms with Crippen LogP contribution in [0.25, 0.3) is 11.3 Å². The zero-order valence-corrected chi connectivity index (χ0v) is 10.2. The molecule has 0 spiro atoms. The normalized spacial score (nSPS) is 11.4. The van der Waals surface area contributed by atoms with Crippen molar-refractivity contribution in [1.29, 1.82) is 0 Å². The van der Waals surface area contributed by atoms with Gasteiger partial charge in [-0.25, -0.2) is 5.10 Å². The molecule has 0 saturated carbocycles. The first-order valence-corrected chi connectivity index (χ1v) is 6.38. The Balaban J connectivity index is 2.61. The topological polar surface area (TPSA) is 79.9 Å². The van der Waals surface area contributed by atoms with Gasteiger partial charge in [0.1, 0.15) is 4.90 Å². The molecule has 2 rings (SSSR count). The van der Waals surface area contributed by atoms with Crippen LogP contribution in [-0.4, -0.2) is 18.6 Å². The van der Waals surface area contributed by atoms with E-state index >= 15 is 0 Å². The number of aromatic nitrogens is 2. The van der Waals surface area contributed by atoms with Crippen molar-refractivity contribution in [3.05, 3.63) is 46.2 Å². The molecular weight excluding hydrogens is 259 g/mol. The maximum atomic E-state index is 13.0. The summed E-state index contributed by atoms with van der Waals surface area (Å²) < 4.78 is 34.9. The quantitative estimate of drug-likeness (QED) is 0.835. The fraction of sp³-hybridized carbons (Fsp3) is 0.0909. The number of nitrogens with one attached hydrogen (secondary N) is 1. The van der Waals surface area contributed by atoms with Gasteiger partial charge in [0.15, 0.2) is 0 Å². The smallest absolute Gasteiger partial charge is 0.268 e. The standard InChI is InChI=1S/C11H9FN2O3S/c1-7-2-3-8(6-10(7)18(12,16)17)9-4-5-11(15)14-13-9/h2-6H,1H3,(H,14,15). The highest BCUT2D eigenvalue weighted by Gasteiger charge is 2.16. The maximum absolute atomic E-state index is 13.0. The number of halogens is 1. The lowest BCUT2D eigenvalue weighted by Crippen LogP contribution is -2.05. The lowest BCUT2D eigenvalue weighted by molar-refractivity contribution is 0.551. The largest absolute Gasteiger partial charge is 0.332 e. The third-order valence-corrected chi connectivity index (χ3v) is 3.39. The highest BCUT2D eigenvalue weighted by Crippen LogP contribution is 2.24. The highest BCUT2D eigenvalue weighted by molar-refractivity contribution is 7.86. The van der Waals surface area contributed by atoms with Crippen LogP contribution < -0.4 is 5.56 Å². The molecule has 1 N–H and O–H groups in total. The lowest BCUT2D eigenvalue weighted by Gasteiger charge is -2.04. The van der Waals surface area contributed by atoms with Gasteiger partial charge in [0, 0.05) is 11.6 Å². The van der Waals surface area contributed by atoms with Gasteiger partial charge in [-0.15, -0.1) is 3.89 Å². The maximum Gasteiger partial charge on any atom is 0.332 e. The van der Waals surface area contributed by atoms with Crippen LogP contribution in [0.5, 0.6) is 0 Å². The summed E-state index contributed by atoms with van der Waals surface area (Å²) in [5.41, 5.74) is 0.711. The Labute approximate surface area is 103 Å². The highest BCUT2D eigenvalue weighted by atomic mass is 32.3. The first-order valence-electron chi connectivity index (χ1n) is 4.99. The van der Waals surface area contributed by atoms with Gasteiger partial charge < -0.3 is 0 Å². The molecule has 94 valence electrons. The van der Waals surface area contributed by atoms with Crippen molar-refractivity contribution < 1.29 is 12.3 Å². The summed E-state index contributed by atoms with van der Waals surface area (Å²) >= 11 is 0. The molecule has 1 heterocycles. The van der Waals surface area contributed by atoms with Gasteiger partial charge in [-0.3, -0.25) is 4.79 Å². The number of H-pyrrole nitrogens is 1. The monoisotopic (exact) mass is 268 g/mol. The van der Waals surface area contributed by atoms with E-state index in [-0.39, 0.29) is 5.56 Å². The van der Waals surface area contributed by atoms with Crippen molar-refractivity contribution >= 4 is 10.2 Å². The summed E-state index contributed by atoms with van der Waals surface area (Å²) in [5.74, 6) is 0. The summed E-state index contributed by atoms with van der Waals surface area (Å²) in [7, 11) is -4.77. The van der Waals surface area contributed by atoms with Gasteiger partial charge in [-0.2, -0.15) is 13.5 Å². The van der Waals surface area contributed by atoms with E-state index in [1.54, 1.807) is 6.07 Å². The number of nitrogens with zero attached hydrogens (tertiary/aromatic N) is 1. The molecule has 1 aromatic carbocycles. The van der Waals surface area contributed by atoms with E-state index in [2.05, 4.69) is 10.2 Å². The zero-order chi connectivity index (χ0) is 13.3. The molecule has 18 heavy (non-hydrogen) atoms. The Hall–Kier alpha value is -2.02. The number of aromatic amines is 1. The van der Waals surface area contributed by atoms with Crippen LogP contribution >= 0.6 is 0 Å². The number of hydrogen-bond donors (Lipinski definition) is 1. The average molecular weight is 268 g/mol. The molecule has 0 unspecified atom stereocenters. The van der Waals surface area contributed by atoms with Gasteiger partial charge in [-0.05, 0) is 24.6 Å². The van der Waals surface area contributed by atoms with Crippen LogP contribution in [-0.2, 0) is 10.2 Å². The molecule has 1 aromatic heterocycles. The molecule has 0 amide bonds. The Morgan fingerprint density at radius 1 is 1.22 bits per heavy atom. The second-order valence-electron chi connectivity index (χ2n) is 3.72. The van der Waals surface area contributed by atoms with Crippen molar-refractivity contribution in [3.63, 3.8) is 0 Å². The van der Waals surface area contributed by atoms with Crippen LogP contribution in [0.15, 0.2) is 40.0 Å². The molecule has 0 fully saturated rings. The molecule has 0 aliphatic rings. The Bertz CT molecular complexity index is 733. The van der Waals surface area contributed by atoms with E-state index in [0.29, 0.717) is 16.8 Å². The molecule has 0 bridgehead atoms.